The summed E-state index contributed by atoms with van der Waals surface area (Å²) < 4.78 is 0. The van der Waals surface area contributed by atoms with Crippen LogP contribution < -0.4 is 0 Å². The van der Waals surface area contributed by atoms with Crippen LogP contribution in [0.15, 0.2) is 0 Å². The van der Waals surface area contributed by atoms with Crippen LogP contribution in [0.2, 0.25) is 0 Å². The molecule has 0 nitrogen and oxygen atoms in total. The van der Waals surface area contributed by atoms with Gasteiger partial charge in [-0.3, -0.25) is 0 Å². The molecule has 0 unspecified atom stereocenters. The molecular formula is C11H30B4. The zero-order valence-electron chi connectivity index (χ0n) is 12.8. The second-order valence-corrected chi connectivity index (χ2v) is 3.00. The molecule has 0 bridgehead atoms. The number of hydrogen-bond donors (Lipinski definition) is 0. The first-order valence-corrected chi connectivity index (χ1v) is 5.67. The van der Waals surface area contributed by atoms with Crippen LogP contribution in [0.25, 0.3) is 0 Å². The van der Waals surface area contributed by atoms with Gasteiger partial charge in [-0.05, 0) is 5.41 Å². The maximum atomic E-state index is 4.00. The second kappa shape index (κ2) is 64.0. The average Bonchev–Trinajstić information content (AvgIpc) is 2.29. The molecule has 0 fully saturated rings. The van der Waals surface area contributed by atoms with E-state index < -0.39 is 0 Å². The molecule has 0 aromatic rings. The average molecular weight is 206 g/mol. The summed E-state index contributed by atoms with van der Waals surface area (Å²) in [7, 11) is 16.0. The van der Waals surface area contributed by atoms with Crippen LogP contribution in [0, 0.1) is 5.41 Å². The fraction of sp³-hybridized carbons (Fsp3) is 1.00. The van der Waals surface area contributed by atoms with E-state index in [4.69, 9.17) is 0 Å². The summed E-state index contributed by atoms with van der Waals surface area (Å²) in [6.07, 6.45) is 0. The summed E-state index contributed by atoms with van der Waals surface area (Å²) in [6.45, 7) is 20.8. The fourth-order valence-electron chi connectivity index (χ4n) is 0. The smallest absolute Gasteiger partial charge is 0 e. The van der Waals surface area contributed by atoms with Crippen LogP contribution in [0.4, 0.5) is 0 Å². The zero-order chi connectivity index (χ0) is 14.5. The molecule has 0 spiro atoms. The summed E-state index contributed by atoms with van der Waals surface area (Å²) in [5, 5.41) is 0. The van der Waals surface area contributed by atoms with Crippen LogP contribution >= 0.6 is 0 Å². The van der Waals surface area contributed by atoms with Crippen molar-refractivity contribution in [3.63, 3.8) is 0 Å². The third kappa shape index (κ3) is 31800. The van der Waals surface area contributed by atoms with Gasteiger partial charge in [0.1, 0.15) is 0 Å². The molecule has 15 heavy (non-hydrogen) atoms. The normalized spacial score (nSPS) is 5.73. The lowest BCUT2D eigenvalue weighted by molar-refractivity contribution is 0.469. The van der Waals surface area contributed by atoms with E-state index in [9.17, 15) is 0 Å². The molecule has 0 N–H and O–H groups in total. The van der Waals surface area contributed by atoms with E-state index in [0.29, 0.717) is 5.41 Å². The quantitative estimate of drug-likeness (QED) is 0.530. The Bertz CT molecular complexity index is 28.1. The lowest BCUT2D eigenvalue weighted by Crippen LogP contribution is -1.93. The summed E-state index contributed by atoms with van der Waals surface area (Å²) >= 11 is 0. The fourth-order valence-corrected chi connectivity index (χ4v) is 0. The molecular weight excluding hydrogens is 175 g/mol. The van der Waals surface area contributed by atoms with Crippen molar-refractivity contribution in [1.82, 2.24) is 0 Å². The van der Waals surface area contributed by atoms with E-state index in [-0.39, 0.29) is 0 Å². The predicted octanol–water partition coefficient (Wildman–Crippen LogP) is 3.61. The van der Waals surface area contributed by atoms with Crippen molar-refractivity contribution in [3.8, 4) is 0 Å². The minimum atomic E-state index is 0.500. The van der Waals surface area contributed by atoms with Gasteiger partial charge in [-0.2, -0.15) is 0 Å². The van der Waals surface area contributed by atoms with E-state index in [1.54, 1.807) is 0 Å². The second-order valence-electron chi connectivity index (χ2n) is 3.00. The Morgan fingerprint density at radius 1 is 0.467 bits per heavy atom. The molecule has 0 amide bonds. The van der Waals surface area contributed by atoms with Crippen LogP contribution in [0.5, 0.6) is 0 Å². The highest BCUT2D eigenvalue weighted by Crippen LogP contribution is 2.07. The largest absolute Gasteiger partial charge is 0.0683 e. The highest BCUT2D eigenvalue weighted by atomic mass is 14.0. The third-order valence-corrected chi connectivity index (χ3v) is 0. The van der Waals surface area contributed by atoms with Crippen molar-refractivity contribution in [1.29, 1.82) is 0 Å². The summed E-state index contributed by atoms with van der Waals surface area (Å²) in [4.78, 5) is 0. The molecule has 8 radical (unpaired) electrons. The van der Waals surface area contributed by atoms with E-state index in [0.717, 1.165) is 0 Å². The monoisotopic (exact) mass is 206 g/mol. The molecule has 0 atom stereocenters. The Hall–Kier alpha value is 0.260. The van der Waals surface area contributed by atoms with E-state index in [2.05, 4.69) is 58.6 Å². The molecule has 0 saturated heterocycles. The van der Waals surface area contributed by atoms with Crippen LogP contribution in [0.1, 0.15) is 69.2 Å². The van der Waals surface area contributed by atoms with E-state index in [1.807, 2.05) is 41.5 Å². The lowest BCUT2D eigenvalue weighted by atomic mass is 9.81. The first-order valence-electron chi connectivity index (χ1n) is 5.67. The Balaban J connectivity index is -0.0000000177. The molecule has 4 heteroatoms. The van der Waals surface area contributed by atoms with Gasteiger partial charge in [0.2, 0.25) is 0 Å². The van der Waals surface area contributed by atoms with Gasteiger partial charge >= 0.3 is 0 Å². The standard InChI is InChI=1S/C5H12.3C2H6.2B2/c1-5(2,3)4;5*1-2/h1-4H3;3*1-2H3;;. The van der Waals surface area contributed by atoms with Crippen LogP contribution in [0.3, 0.4) is 0 Å². The van der Waals surface area contributed by atoms with Gasteiger partial charge in [0.25, 0.3) is 0 Å². The third-order valence-electron chi connectivity index (χ3n) is 0. The van der Waals surface area contributed by atoms with Crippen LogP contribution in [-0.4, -0.2) is 30.9 Å². The molecule has 0 saturated carbocycles. The van der Waals surface area contributed by atoms with E-state index >= 15 is 0 Å². The van der Waals surface area contributed by atoms with Gasteiger partial charge in [0.15, 0.2) is 0 Å². The molecule has 0 aliphatic rings. The molecule has 86 valence electrons. The first kappa shape index (κ1) is 36.2. The Morgan fingerprint density at radius 2 is 0.467 bits per heavy atom. The van der Waals surface area contributed by atoms with Crippen molar-refractivity contribution in [2.75, 3.05) is 0 Å². The van der Waals surface area contributed by atoms with Gasteiger partial charge in [-0.1, -0.05) is 69.2 Å². The van der Waals surface area contributed by atoms with E-state index in [1.165, 1.54) is 0 Å². The van der Waals surface area contributed by atoms with Gasteiger partial charge in [-0.25, -0.2) is 0 Å². The maximum Gasteiger partial charge on any atom is 0 e. The summed E-state index contributed by atoms with van der Waals surface area (Å²) in [5.74, 6) is 0. The molecule has 0 aliphatic carbocycles. The summed E-state index contributed by atoms with van der Waals surface area (Å²) in [6, 6.07) is 0. The Morgan fingerprint density at radius 3 is 0.467 bits per heavy atom. The molecule has 0 rings (SSSR count). The zero-order valence-corrected chi connectivity index (χ0v) is 12.8. The molecule has 0 heterocycles. The van der Waals surface area contributed by atoms with Crippen molar-refractivity contribution < 1.29 is 0 Å². The number of rotatable bonds is 0. The maximum absolute atomic E-state index is 4.00. The molecule has 0 aliphatic heterocycles. The minimum absolute atomic E-state index is 0.500. The topological polar surface area (TPSA) is 0 Å². The predicted molar refractivity (Wildman–Crippen MR) is 82.2 cm³/mol. The molecule has 0 aromatic carbocycles. The summed E-state index contributed by atoms with van der Waals surface area (Å²) in [5.41, 5.74) is 0.500. The van der Waals surface area contributed by atoms with Crippen molar-refractivity contribution in [3.05, 3.63) is 0 Å². The van der Waals surface area contributed by atoms with Crippen molar-refractivity contribution >= 4 is 30.9 Å². The van der Waals surface area contributed by atoms with Gasteiger partial charge in [-0.15, -0.1) is 0 Å². The molecule has 0 aromatic heterocycles. The minimum Gasteiger partial charge on any atom is -0.0683 e. The Labute approximate surface area is 106 Å². The van der Waals surface area contributed by atoms with Crippen LogP contribution in [-0.2, 0) is 0 Å². The lowest BCUT2D eigenvalue weighted by Gasteiger charge is -2.05. The Kier molecular flexibility index (Phi) is 154. The number of hydrogen-bond acceptors (Lipinski definition) is 0. The highest BCUT2D eigenvalue weighted by Gasteiger charge is 1.95. The first-order chi connectivity index (χ1) is 7.00. The van der Waals surface area contributed by atoms with Gasteiger partial charge in [0, 0.05) is 30.9 Å². The SMILES string of the molecule is CC.CC.CC.CC(C)(C)C.[B][B].[B][B]. The van der Waals surface area contributed by atoms with Crippen molar-refractivity contribution in [2.24, 2.45) is 5.41 Å². The van der Waals surface area contributed by atoms with Gasteiger partial charge in [0.05, 0.1) is 0 Å². The van der Waals surface area contributed by atoms with Crippen molar-refractivity contribution in [2.45, 2.75) is 69.2 Å². The van der Waals surface area contributed by atoms with Gasteiger partial charge < -0.3 is 0 Å². The highest BCUT2D eigenvalue weighted by molar-refractivity contribution is 6.76.